The van der Waals surface area contributed by atoms with Gasteiger partial charge in [-0.2, -0.15) is 4.72 Å². The third-order valence-corrected chi connectivity index (χ3v) is 5.53. The number of halogens is 1. The van der Waals surface area contributed by atoms with Crippen LogP contribution in [0.3, 0.4) is 0 Å². The van der Waals surface area contributed by atoms with Crippen molar-refractivity contribution in [3.63, 3.8) is 0 Å². The summed E-state index contributed by atoms with van der Waals surface area (Å²) in [6.07, 6.45) is 1.64. The van der Waals surface area contributed by atoms with Crippen molar-refractivity contribution < 1.29 is 22.0 Å². The molecule has 2 N–H and O–H groups in total. The minimum atomic E-state index is -4.01. The number of hydrogen-bond acceptors (Lipinski definition) is 4. The Balaban J connectivity index is 1.78. The first-order valence-corrected chi connectivity index (χ1v) is 10.0. The normalized spacial score (nSPS) is 12.5. The van der Waals surface area contributed by atoms with Gasteiger partial charge >= 0.3 is 0 Å². The molecule has 3 aromatic rings. The molecule has 0 aliphatic rings. The van der Waals surface area contributed by atoms with Crippen LogP contribution >= 0.6 is 0 Å². The lowest BCUT2D eigenvalue weighted by Crippen LogP contribution is -2.47. The quantitative estimate of drug-likeness (QED) is 0.606. The molecule has 0 radical (unpaired) electrons. The first-order chi connectivity index (χ1) is 13.4. The van der Waals surface area contributed by atoms with Crippen LogP contribution in [0, 0.1) is 5.82 Å². The second-order valence-corrected chi connectivity index (χ2v) is 7.83. The van der Waals surface area contributed by atoms with E-state index in [9.17, 15) is 17.6 Å². The van der Waals surface area contributed by atoms with Crippen molar-refractivity contribution in [2.45, 2.75) is 23.9 Å². The van der Waals surface area contributed by atoms with Crippen molar-refractivity contribution in [1.29, 1.82) is 0 Å². The van der Waals surface area contributed by atoms with Gasteiger partial charge in [0.2, 0.25) is 15.9 Å². The van der Waals surface area contributed by atoms with Gasteiger partial charge in [0.1, 0.15) is 17.6 Å². The Morgan fingerprint density at radius 2 is 1.71 bits per heavy atom. The summed E-state index contributed by atoms with van der Waals surface area (Å²) in [7, 11) is -4.01. The van der Waals surface area contributed by atoms with Crippen molar-refractivity contribution in [2.75, 3.05) is 0 Å². The molecule has 1 aromatic heterocycles. The molecule has 0 bridgehead atoms. The van der Waals surface area contributed by atoms with Crippen LogP contribution in [0.2, 0.25) is 0 Å². The fourth-order valence-corrected chi connectivity index (χ4v) is 3.81. The number of furan rings is 1. The van der Waals surface area contributed by atoms with Gasteiger partial charge in [-0.25, -0.2) is 12.8 Å². The average Bonchev–Trinajstić information content (AvgIpc) is 3.20. The lowest BCUT2D eigenvalue weighted by molar-refractivity contribution is -0.122. The van der Waals surface area contributed by atoms with E-state index in [0.29, 0.717) is 5.76 Å². The lowest BCUT2D eigenvalue weighted by Gasteiger charge is -2.18. The Bertz CT molecular complexity index is 1000. The maximum atomic E-state index is 13.1. The first-order valence-electron chi connectivity index (χ1n) is 8.56. The van der Waals surface area contributed by atoms with E-state index >= 15 is 0 Å². The number of carbonyl (C=O) groups is 1. The van der Waals surface area contributed by atoms with E-state index < -0.39 is 27.8 Å². The molecular formula is C20H19FN2O4S. The second-order valence-electron chi connectivity index (χ2n) is 6.11. The Hall–Kier alpha value is -2.97. The highest BCUT2D eigenvalue weighted by Gasteiger charge is 2.26. The SMILES string of the molecule is O=C(NCc1ccco1)C(Cc1ccccc1)NS(=O)(=O)c1ccc(F)cc1. The number of hydrogen-bond donors (Lipinski definition) is 2. The molecular weight excluding hydrogens is 383 g/mol. The summed E-state index contributed by atoms with van der Waals surface area (Å²) in [4.78, 5) is 12.5. The van der Waals surface area contributed by atoms with E-state index in [1.54, 1.807) is 24.3 Å². The summed E-state index contributed by atoms with van der Waals surface area (Å²) in [6, 6.07) is 15.8. The van der Waals surface area contributed by atoms with Crippen molar-refractivity contribution in [3.8, 4) is 0 Å². The number of nitrogens with one attached hydrogen (secondary N) is 2. The Labute approximate surface area is 162 Å². The molecule has 28 heavy (non-hydrogen) atoms. The van der Waals surface area contributed by atoms with Crippen LogP contribution in [0.4, 0.5) is 4.39 Å². The van der Waals surface area contributed by atoms with E-state index in [1.807, 2.05) is 18.2 Å². The Morgan fingerprint density at radius 1 is 1.00 bits per heavy atom. The van der Waals surface area contributed by atoms with Crippen LogP contribution in [0.5, 0.6) is 0 Å². The van der Waals surface area contributed by atoms with Crippen LogP contribution in [0.25, 0.3) is 0 Å². The minimum Gasteiger partial charge on any atom is -0.467 e. The summed E-state index contributed by atoms with van der Waals surface area (Å²) in [5.41, 5.74) is 0.794. The summed E-state index contributed by atoms with van der Waals surface area (Å²) >= 11 is 0. The highest BCUT2D eigenvalue weighted by atomic mass is 32.2. The molecule has 146 valence electrons. The van der Waals surface area contributed by atoms with Crippen molar-refractivity contribution in [2.24, 2.45) is 0 Å². The van der Waals surface area contributed by atoms with Gasteiger partial charge in [-0.3, -0.25) is 4.79 Å². The van der Waals surface area contributed by atoms with Crippen molar-refractivity contribution >= 4 is 15.9 Å². The van der Waals surface area contributed by atoms with Crippen LogP contribution in [-0.2, 0) is 27.8 Å². The van der Waals surface area contributed by atoms with Gasteiger partial charge in [0.05, 0.1) is 17.7 Å². The number of benzene rings is 2. The number of sulfonamides is 1. The number of amides is 1. The Morgan fingerprint density at radius 3 is 2.36 bits per heavy atom. The summed E-state index contributed by atoms with van der Waals surface area (Å²) in [5.74, 6) is -0.491. The summed E-state index contributed by atoms with van der Waals surface area (Å²) in [6.45, 7) is 0.134. The molecule has 8 heteroatoms. The molecule has 2 aromatic carbocycles. The monoisotopic (exact) mass is 402 g/mol. The molecule has 3 rings (SSSR count). The van der Waals surface area contributed by atoms with Crippen LogP contribution in [0.15, 0.2) is 82.3 Å². The van der Waals surface area contributed by atoms with Crippen LogP contribution < -0.4 is 10.0 Å². The van der Waals surface area contributed by atoms with Gasteiger partial charge in [-0.1, -0.05) is 30.3 Å². The maximum Gasteiger partial charge on any atom is 0.241 e. The fourth-order valence-electron chi connectivity index (χ4n) is 2.62. The molecule has 0 aliphatic heterocycles. The van der Waals surface area contributed by atoms with Gasteiger partial charge < -0.3 is 9.73 Å². The van der Waals surface area contributed by atoms with Crippen molar-refractivity contribution in [1.82, 2.24) is 10.0 Å². The molecule has 6 nitrogen and oxygen atoms in total. The first kappa shape index (κ1) is 19.8. The standard InChI is InChI=1S/C20H19FN2O4S/c21-16-8-10-18(11-9-16)28(25,26)23-19(13-15-5-2-1-3-6-15)20(24)22-14-17-7-4-12-27-17/h1-12,19,23H,13-14H2,(H,22,24). The van der Waals surface area contributed by atoms with Crippen LogP contribution in [0.1, 0.15) is 11.3 Å². The molecule has 0 spiro atoms. The predicted octanol–water partition coefficient (Wildman–Crippen LogP) is 2.62. The van der Waals surface area contributed by atoms with E-state index in [4.69, 9.17) is 4.42 Å². The number of rotatable bonds is 8. The van der Waals surface area contributed by atoms with Gasteiger partial charge in [0.15, 0.2) is 0 Å². The van der Waals surface area contributed by atoms with E-state index in [2.05, 4.69) is 10.0 Å². The Kier molecular flexibility index (Phi) is 6.23. The molecule has 1 atom stereocenters. The third-order valence-electron chi connectivity index (χ3n) is 4.04. The van der Waals surface area contributed by atoms with Crippen LogP contribution in [-0.4, -0.2) is 20.4 Å². The second kappa shape index (κ2) is 8.81. The van der Waals surface area contributed by atoms with E-state index in [1.165, 1.54) is 6.26 Å². The zero-order valence-electron chi connectivity index (χ0n) is 14.8. The average molecular weight is 402 g/mol. The molecule has 1 heterocycles. The molecule has 0 aliphatic carbocycles. The summed E-state index contributed by atoms with van der Waals surface area (Å²) < 4.78 is 46.0. The third kappa shape index (κ3) is 5.28. The minimum absolute atomic E-state index is 0.120. The highest BCUT2D eigenvalue weighted by molar-refractivity contribution is 7.89. The lowest BCUT2D eigenvalue weighted by atomic mass is 10.1. The van der Waals surface area contributed by atoms with Gasteiger partial charge in [0, 0.05) is 0 Å². The molecule has 0 saturated heterocycles. The molecule has 0 fully saturated rings. The molecule has 0 saturated carbocycles. The molecule has 1 unspecified atom stereocenters. The number of carbonyl (C=O) groups excluding carboxylic acids is 1. The summed E-state index contributed by atoms with van der Waals surface area (Å²) in [5, 5.41) is 2.67. The fraction of sp³-hybridized carbons (Fsp3) is 0.150. The zero-order chi connectivity index (χ0) is 20.0. The molecule has 1 amide bonds. The largest absolute Gasteiger partial charge is 0.467 e. The van der Waals surface area contributed by atoms with Gasteiger partial charge in [0.25, 0.3) is 0 Å². The van der Waals surface area contributed by atoms with Gasteiger partial charge in [-0.15, -0.1) is 0 Å². The topological polar surface area (TPSA) is 88.4 Å². The predicted molar refractivity (Wildman–Crippen MR) is 101 cm³/mol. The van der Waals surface area contributed by atoms with Gasteiger partial charge in [-0.05, 0) is 48.4 Å². The highest BCUT2D eigenvalue weighted by Crippen LogP contribution is 2.12. The smallest absolute Gasteiger partial charge is 0.241 e. The van der Waals surface area contributed by atoms with E-state index in [-0.39, 0.29) is 17.9 Å². The zero-order valence-corrected chi connectivity index (χ0v) is 15.7. The van der Waals surface area contributed by atoms with E-state index in [0.717, 1.165) is 29.8 Å². The maximum absolute atomic E-state index is 13.1. The van der Waals surface area contributed by atoms with Crippen molar-refractivity contribution in [3.05, 3.63) is 90.1 Å².